The van der Waals surface area contributed by atoms with Crippen molar-refractivity contribution < 1.29 is 33.3 Å². The summed E-state index contributed by atoms with van der Waals surface area (Å²) in [4.78, 5) is 38.2. The molecule has 1 aliphatic heterocycles. The van der Waals surface area contributed by atoms with Gasteiger partial charge in [0.1, 0.15) is 18.5 Å². The third-order valence-electron chi connectivity index (χ3n) is 5.68. The van der Waals surface area contributed by atoms with Crippen LogP contribution in [-0.2, 0) is 23.9 Å². The minimum Gasteiger partial charge on any atom is -0.493 e. The van der Waals surface area contributed by atoms with Gasteiger partial charge in [-0.3, -0.25) is 9.59 Å². The molecular weight excluding hydrogens is 474 g/mol. The molecule has 0 N–H and O–H groups in total. The van der Waals surface area contributed by atoms with E-state index in [2.05, 4.69) is 0 Å². The number of carbonyl (C=O) groups is 3. The fourth-order valence-electron chi connectivity index (χ4n) is 4.11. The molecule has 1 heterocycles. The summed E-state index contributed by atoms with van der Waals surface area (Å²) >= 11 is 6.39. The monoisotopic (exact) mass is 503 g/mol. The maximum absolute atomic E-state index is 13.7. The van der Waals surface area contributed by atoms with Crippen molar-refractivity contribution in [3.63, 3.8) is 0 Å². The predicted molar refractivity (Wildman–Crippen MR) is 131 cm³/mol. The van der Waals surface area contributed by atoms with Gasteiger partial charge in [0.2, 0.25) is 0 Å². The van der Waals surface area contributed by atoms with Gasteiger partial charge >= 0.3 is 5.97 Å². The number of hydrogen-bond donors (Lipinski definition) is 0. The third-order valence-corrected chi connectivity index (χ3v) is 5.92. The number of esters is 1. The summed E-state index contributed by atoms with van der Waals surface area (Å²) in [5.41, 5.74) is 1.25. The lowest BCUT2D eigenvalue weighted by molar-refractivity contribution is -0.144. The number of amides is 1. The Kier molecular flexibility index (Phi) is 8.40. The van der Waals surface area contributed by atoms with Gasteiger partial charge in [0, 0.05) is 47.1 Å². The first kappa shape index (κ1) is 26.5. The SMILES string of the molecule is COc1cccc([C@H]2O[C@H](CC=O)C(=O)N(CC(C)(C)COC(C)=O)c3ccc(Cl)cc32)c1OC. The molecule has 0 saturated carbocycles. The molecule has 8 nitrogen and oxygen atoms in total. The van der Waals surface area contributed by atoms with Crippen molar-refractivity contribution in [3.05, 3.63) is 52.5 Å². The fraction of sp³-hybridized carbons (Fsp3) is 0.423. The van der Waals surface area contributed by atoms with Crippen LogP contribution in [0.2, 0.25) is 5.02 Å². The molecule has 1 aliphatic rings. The van der Waals surface area contributed by atoms with E-state index in [4.69, 9.17) is 30.5 Å². The van der Waals surface area contributed by atoms with Crippen LogP contribution < -0.4 is 14.4 Å². The molecule has 35 heavy (non-hydrogen) atoms. The number of methoxy groups -OCH3 is 2. The maximum Gasteiger partial charge on any atom is 0.302 e. The standard InChI is InChI=1S/C26H30ClNO7/c1-16(30)34-15-26(2,3)14-28-20-10-9-17(27)13-19(20)23(35-22(11-12-29)25(28)31)18-7-6-8-21(32-4)24(18)33-5/h6-10,12-13,22-23H,11,14-15H2,1-5H3/t22-,23-/m1/s1. The summed E-state index contributed by atoms with van der Waals surface area (Å²) in [7, 11) is 3.06. The van der Waals surface area contributed by atoms with Crippen molar-refractivity contribution in [2.45, 2.75) is 39.4 Å². The second-order valence-corrected chi connectivity index (χ2v) is 9.50. The van der Waals surface area contributed by atoms with Gasteiger partial charge in [-0.05, 0) is 24.3 Å². The highest BCUT2D eigenvalue weighted by atomic mass is 35.5. The number of hydrogen-bond acceptors (Lipinski definition) is 7. The molecule has 0 aromatic heterocycles. The minimum atomic E-state index is -1.05. The number of rotatable bonds is 9. The van der Waals surface area contributed by atoms with E-state index in [0.717, 1.165) is 0 Å². The Labute approximate surface area is 210 Å². The molecule has 2 aromatic rings. The normalized spacial score (nSPS) is 17.9. The zero-order valence-electron chi connectivity index (χ0n) is 20.5. The van der Waals surface area contributed by atoms with Crippen LogP contribution in [-0.4, -0.2) is 51.6 Å². The molecule has 0 saturated heterocycles. The van der Waals surface area contributed by atoms with Crippen LogP contribution in [0.4, 0.5) is 5.69 Å². The molecule has 9 heteroatoms. The fourth-order valence-corrected chi connectivity index (χ4v) is 4.29. The quantitative estimate of drug-likeness (QED) is 0.371. The summed E-state index contributed by atoms with van der Waals surface area (Å²) in [6.45, 7) is 5.45. The topological polar surface area (TPSA) is 91.4 Å². The van der Waals surface area contributed by atoms with Gasteiger partial charge in [-0.25, -0.2) is 0 Å². The number of fused-ring (bicyclic) bond motifs is 1. The number of anilines is 1. The van der Waals surface area contributed by atoms with Crippen LogP contribution in [0.25, 0.3) is 0 Å². The second-order valence-electron chi connectivity index (χ2n) is 9.06. The van der Waals surface area contributed by atoms with Gasteiger partial charge in [0.05, 0.1) is 20.8 Å². The van der Waals surface area contributed by atoms with Gasteiger partial charge < -0.3 is 28.6 Å². The molecule has 0 aliphatic carbocycles. The summed E-state index contributed by atoms with van der Waals surface area (Å²) in [6.07, 6.45) is -1.30. The van der Waals surface area contributed by atoms with Crippen LogP contribution in [0.5, 0.6) is 11.5 Å². The lowest BCUT2D eigenvalue weighted by atomic mass is 9.92. The highest BCUT2D eigenvalue weighted by Crippen LogP contribution is 2.45. The average Bonchev–Trinajstić information content (AvgIpc) is 2.92. The molecule has 0 unspecified atom stereocenters. The maximum atomic E-state index is 13.7. The Hall–Kier alpha value is -3.10. The Morgan fingerprint density at radius 1 is 1.17 bits per heavy atom. The molecule has 0 spiro atoms. The Balaban J connectivity index is 2.18. The highest BCUT2D eigenvalue weighted by Gasteiger charge is 2.40. The van der Waals surface area contributed by atoms with Gasteiger partial charge in [0.25, 0.3) is 5.91 Å². The van der Waals surface area contributed by atoms with E-state index in [0.29, 0.717) is 39.6 Å². The number of nitrogens with zero attached hydrogens (tertiary/aromatic N) is 1. The first-order valence-corrected chi connectivity index (χ1v) is 11.5. The largest absolute Gasteiger partial charge is 0.493 e. The average molecular weight is 504 g/mol. The van der Waals surface area contributed by atoms with Crippen LogP contribution in [0.3, 0.4) is 0 Å². The Morgan fingerprint density at radius 2 is 1.91 bits per heavy atom. The lowest BCUT2D eigenvalue weighted by Crippen LogP contribution is -2.45. The number of ether oxygens (including phenoxy) is 4. The van der Waals surface area contributed by atoms with Gasteiger partial charge in [0.15, 0.2) is 11.5 Å². The second kappa shape index (κ2) is 11.1. The number of para-hydroxylation sites is 1. The molecule has 1 amide bonds. The van der Waals surface area contributed by atoms with E-state index < -0.39 is 23.6 Å². The van der Waals surface area contributed by atoms with Crippen molar-refractivity contribution in [3.8, 4) is 11.5 Å². The van der Waals surface area contributed by atoms with Crippen molar-refractivity contribution in [2.24, 2.45) is 5.41 Å². The van der Waals surface area contributed by atoms with Gasteiger partial charge in [-0.15, -0.1) is 0 Å². The summed E-state index contributed by atoms with van der Waals surface area (Å²) in [6, 6.07) is 10.6. The van der Waals surface area contributed by atoms with Crippen LogP contribution in [0, 0.1) is 5.41 Å². The first-order chi connectivity index (χ1) is 16.6. The van der Waals surface area contributed by atoms with E-state index in [1.807, 2.05) is 19.9 Å². The summed E-state index contributed by atoms with van der Waals surface area (Å²) < 4.78 is 22.6. The smallest absolute Gasteiger partial charge is 0.302 e. The molecule has 2 atom stereocenters. The number of aldehydes is 1. The molecule has 188 valence electrons. The molecular formula is C26H30ClNO7. The van der Waals surface area contributed by atoms with E-state index in [-0.39, 0.29) is 25.5 Å². The van der Waals surface area contributed by atoms with E-state index in [9.17, 15) is 14.4 Å². The Morgan fingerprint density at radius 3 is 2.54 bits per heavy atom. The Bertz CT molecular complexity index is 1100. The van der Waals surface area contributed by atoms with Crippen LogP contribution in [0.15, 0.2) is 36.4 Å². The zero-order valence-corrected chi connectivity index (χ0v) is 21.3. The molecule has 3 rings (SSSR count). The van der Waals surface area contributed by atoms with E-state index in [1.165, 1.54) is 21.1 Å². The summed E-state index contributed by atoms with van der Waals surface area (Å²) in [5.74, 6) is 0.173. The minimum absolute atomic E-state index is 0.112. The predicted octanol–water partition coefficient (Wildman–Crippen LogP) is 4.36. The zero-order chi connectivity index (χ0) is 25.8. The van der Waals surface area contributed by atoms with Crippen molar-refractivity contribution in [1.82, 2.24) is 0 Å². The molecule has 0 radical (unpaired) electrons. The van der Waals surface area contributed by atoms with Gasteiger partial charge in [-0.2, -0.15) is 0 Å². The molecule has 2 aromatic carbocycles. The van der Waals surface area contributed by atoms with E-state index >= 15 is 0 Å². The lowest BCUT2D eigenvalue weighted by Gasteiger charge is -2.33. The highest BCUT2D eigenvalue weighted by molar-refractivity contribution is 6.30. The third kappa shape index (κ3) is 5.94. The number of benzene rings is 2. The first-order valence-electron chi connectivity index (χ1n) is 11.2. The number of halogens is 1. The molecule has 0 fully saturated rings. The van der Waals surface area contributed by atoms with E-state index in [1.54, 1.807) is 35.2 Å². The van der Waals surface area contributed by atoms with Gasteiger partial charge in [-0.1, -0.05) is 37.6 Å². The molecule has 0 bridgehead atoms. The number of carbonyl (C=O) groups excluding carboxylic acids is 3. The van der Waals surface area contributed by atoms with Crippen LogP contribution in [0.1, 0.15) is 44.4 Å². The van der Waals surface area contributed by atoms with Crippen molar-refractivity contribution in [2.75, 3.05) is 32.3 Å². The van der Waals surface area contributed by atoms with Crippen molar-refractivity contribution >= 4 is 35.5 Å². The van der Waals surface area contributed by atoms with Crippen molar-refractivity contribution in [1.29, 1.82) is 0 Å². The summed E-state index contributed by atoms with van der Waals surface area (Å²) in [5, 5.41) is 0.458. The van der Waals surface area contributed by atoms with Crippen LogP contribution >= 0.6 is 11.6 Å².